The van der Waals surface area contributed by atoms with E-state index in [4.69, 9.17) is 9.47 Å². The molecule has 2 aliphatic rings. The second kappa shape index (κ2) is 13.9. The van der Waals surface area contributed by atoms with Crippen LogP contribution in [0.25, 0.3) is 6.08 Å². The summed E-state index contributed by atoms with van der Waals surface area (Å²) in [5, 5.41) is 11.6. The molecule has 2 aliphatic heterocycles. The number of nitrogens with zero attached hydrogens (tertiary/aromatic N) is 2. The lowest BCUT2D eigenvalue weighted by atomic mass is 9.87. The van der Waals surface area contributed by atoms with Gasteiger partial charge in [-0.05, 0) is 17.2 Å². The van der Waals surface area contributed by atoms with E-state index in [0.29, 0.717) is 17.2 Å². The van der Waals surface area contributed by atoms with Gasteiger partial charge in [-0.1, -0.05) is 84.9 Å². The summed E-state index contributed by atoms with van der Waals surface area (Å²) in [6.07, 6.45) is -5.22. The number of carboxylic acid groups (broad SMARTS) is 1. The highest BCUT2D eigenvalue weighted by Crippen LogP contribution is 2.39. The fourth-order valence-electron chi connectivity index (χ4n) is 5.56. The Hall–Kier alpha value is -5.73. The number of cyclic esters (lactones) is 1. The Morgan fingerprint density at radius 2 is 1.67 bits per heavy atom. The van der Waals surface area contributed by atoms with E-state index in [0.717, 1.165) is 17.0 Å². The normalized spacial score (nSPS) is 19.9. The number of carbonyl (C=O) groups excluding carboxylic acids is 4. The third-order valence-electron chi connectivity index (χ3n) is 7.81. The molecule has 250 valence electrons. The lowest BCUT2D eigenvalue weighted by Crippen LogP contribution is -2.74. The van der Waals surface area contributed by atoms with Crippen LogP contribution in [0.3, 0.4) is 0 Å². The van der Waals surface area contributed by atoms with E-state index < -0.39 is 90.3 Å². The monoisotopic (exact) mass is 669 g/mol. The van der Waals surface area contributed by atoms with E-state index in [9.17, 15) is 46.6 Å². The van der Waals surface area contributed by atoms with Crippen LogP contribution in [0.15, 0.2) is 84.9 Å². The first-order valence-electron chi connectivity index (χ1n) is 14.5. The highest BCUT2D eigenvalue weighted by atomic mass is 19.4. The van der Waals surface area contributed by atoms with Gasteiger partial charge in [0.25, 0.3) is 0 Å². The average Bonchev–Trinajstić information content (AvgIpc) is 3.42. The molecule has 2 saturated heterocycles. The molecule has 3 aromatic carbocycles. The topological polar surface area (TPSA) is 143 Å². The number of nitrogens with one attached hydrogen (secondary N) is 1. The molecule has 15 heteroatoms. The molecule has 0 bridgehead atoms. The van der Waals surface area contributed by atoms with E-state index >= 15 is 0 Å². The SMILES string of the molecule is O=C(O)C[C@H](C(=O)OC(=O)NCc1cccc(C(F)(F)F)c1F)N1C(=O)[C@H](N2C(=O)OC[C@@H]2c2ccccc2)[C@H]1C=Cc1ccccc1. The van der Waals surface area contributed by atoms with Gasteiger partial charge in [-0.2, -0.15) is 13.2 Å². The summed E-state index contributed by atoms with van der Waals surface area (Å²) >= 11 is 0. The number of amides is 3. The standard InChI is InChI=1S/C33H27F4N3O8/c34-27-21(12-7-13-22(27)33(35,36)37)17-38-31(45)48-30(44)24(16-26(41)42)39-23(15-14-19-8-3-1-4-9-19)28(29(39)43)40-25(18-47-32(40)46)20-10-5-2-6-11-20/h1-15,23-25,28H,16-18H2,(H,38,45)(H,41,42)/t23-,24-,25-,28-/m1/s1. The van der Waals surface area contributed by atoms with E-state index in [-0.39, 0.29) is 6.61 Å². The minimum absolute atomic E-state index is 0.0744. The van der Waals surface area contributed by atoms with Crippen LogP contribution in [0, 0.1) is 5.82 Å². The van der Waals surface area contributed by atoms with Gasteiger partial charge in [-0.25, -0.2) is 18.8 Å². The van der Waals surface area contributed by atoms with Crippen LogP contribution in [-0.2, 0) is 36.6 Å². The number of rotatable bonds is 10. The number of benzene rings is 3. The van der Waals surface area contributed by atoms with Crippen molar-refractivity contribution in [2.45, 2.75) is 43.3 Å². The van der Waals surface area contributed by atoms with Crippen molar-refractivity contribution in [3.05, 3.63) is 113 Å². The van der Waals surface area contributed by atoms with Crippen molar-refractivity contribution in [2.24, 2.45) is 0 Å². The van der Waals surface area contributed by atoms with Crippen molar-refractivity contribution in [3.8, 4) is 0 Å². The molecule has 2 heterocycles. The van der Waals surface area contributed by atoms with Crippen LogP contribution in [0.4, 0.5) is 27.2 Å². The molecule has 0 unspecified atom stereocenters. The Labute approximate surface area is 270 Å². The average molecular weight is 670 g/mol. The molecule has 0 radical (unpaired) electrons. The highest BCUT2D eigenvalue weighted by molar-refractivity contribution is 5.99. The predicted molar refractivity (Wildman–Crippen MR) is 158 cm³/mol. The van der Waals surface area contributed by atoms with Crippen molar-refractivity contribution >= 4 is 36.1 Å². The van der Waals surface area contributed by atoms with Crippen LogP contribution in [0.2, 0.25) is 0 Å². The van der Waals surface area contributed by atoms with Crippen molar-refractivity contribution in [3.63, 3.8) is 0 Å². The Balaban J connectivity index is 1.39. The number of alkyl halides is 3. The Morgan fingerprint density at radius 3 is 2.31 bits per heavy atom. The maximum Gasteiger partial charge on any atom is 0.419 e. The van der Waals surface area contributed by atoms with E-state index in [1.165, 1.54) is 11.0 Å². The van der Waals surface area contributed by atoms with E-state index in [2.05, 4.69) is 0 Å². The van der Waals surface area contributed by atoms with Crippen LogP contribution in [0.1, 0.15) is 34.7 Å². The number of halogens is 4. The first-order chi connectivity index (χ1) is 22.9. The molecular formula is C33H27F4N3O8. The number of carboxylic acids is 1. The Morgan fingerprint density at radius 1 is 1.00 bits per heavy atom. The third kappa shape index (κ3) is 7.14. The van der Waals surface area contributed by atoms with Crippen LogP contribution in [0.5, 0.6) is 0 Å². The first-order valence-corrected chi connectivity index (χ1v) is 14.5. The van der Waals surface area contributed by atoms with Gasteiger partial charge in [-0.15, -0.1) is 0 Å². The second-order valence-electron chi connectivity index (χ2n) is 10.8. The molecule has 11 nitrogen and oxygen atoms in total. The van der Waals surface area contributed by atoms with Gasteiger partial charge in [-0.3, -0.25) is 14.5 Å². The van der Waals surface area contributed by atoms with Gasteiger partial charge in [0, 0.05) is 12.1 Å². The lowest BCUT2D eigenvalue weighted by molar-refractivity contribution is -0.170. The molecule has 48 heavy (non-hydrogen) atoms. The highest BCUT2D eigenvalue weighted by Gasteiger charge is 2.58. The van der Waals surface area contributed by atoms with Gasteiger partial charge >= 0.3 is 30.3 Å². The molecular weight excluding hydrogens is 642 g/mol. The predicted octanol–water partition coefficient (Wildman–Crippen LogP) is 4.93. The number of esters is 1. The zero-order valence-corrected chi connectivity index (χ0v) is 24.8. The number of β-lactam (4-membered cyclic amide) rings is 1. The smallest absolute Gasteiger partial charge is 0.419 e. The maximum atomic E-state index is 14.4. The number of carbonyl (C=O) groups is 5. The van der Waals surface area contributed by atoms with Crippen LogP contribution >= 0.6 is 0 Å². The molecule has 0 aromatic heterocycles. The number of alkyl carbamates (subject to hydrolysis) is 1. The molecule has 2 fully saturated rings. The third-order valence-corrected chi connectivity index (χ3v) is 7.81. The lowest BCUT2D eigenvalue weighted by Gasteiger charge is -2.51. The van der Waals surface area contributed by atoms with Gasteiger partial charge in [0.1, 0.15) is 24.5 Å². The van der Waals surface area contributed by atoms with Crippen LogP contribution in [-0.4, -0.2) is 69.7 Å². The molecule has 0 spiro atoms. The largest absolute Gasteiger partial charge is 0.481 e. The molecule has 2 N–H and O–H groups in total. The van der Waals surface area contributed by atoms with E-state index in [1.54, 1.807) is 66.7 Å². The van der Waals surface area contributed by atoms with Crippen molar-refractivity contribution < 1.29 is 56.1 Å². The minimum Gasteiger partial charge on any atom is -0.481 e. The minimum atomic E-state index is -5.00. The number of aliphatic carboxylic acids is 1. The summed E-state index contributed by atoms with van der Waals surface area (Å²) < 4.78 is 63.6. The Kier molecular flexibility index (Phi) is 9.77. The number of ether oxygens (including phenoxy) is 2. The van der Waals surface area contributed by atoms with Gasteiger partial charge in [0.15, 0.2) is 0 Å². The molecule has 3 amide bonds. The van der Waals surface area contributed by atoms with Crippen molar-refractivity contribution in [1.29, 1.82) is 0 Å². The molecule has 4 atom stereocenters. The quantitative estimate of drug-likeness (QED) is 0.134. The fraction of sp³-hybridized carbons (Fsp3) is 0.242. The first kappa shape index (κ1) is 33.6. The summed E-state index contributed by atoms with van der Waals surface area (Å²) in [4.78, 5) is 66.4. The van der Waals surface area contributed by atoms with Crippen molar-refractivity contribution in [1.82, 2.24) is 15.1 Å². The summed E-state index contributed by atoms with van der Waals surface area (Å²) in [7, 11) is 0. The summed E-state index contributed by atoms with van der Waals surface area (Å²) in [5.41, 5.74) is -0.785. The van der Waals surface area contributed by atoms with Gasteiger partial charge in [0.05, 0.1) is 24.1 Å². The summed E-state index contributed by atoms with van der Waals surface area (Å²) in [6, 6.07) is 15.0. The molecule has 0 saturated carbocycles. The van der Waals surface area contributed by atoms with Gasteiger partial charge < -0.3 is 24.8 Å². The maximum absolute atomic E-state index is 14.4. The molecule has 5 rings (SSSR count). The number of hydrogen-bond donors (Lipinski definition) is 2. The number of likely N-dealkylation sites (tertiary alicyclic amines) is 1. The molecule has 3 aromatic rings. The number of hydrogen-bond acceptors (Lipinski definition) is 7. The zero-order chi connectivity index (χ0) is 34.6. The van der Waals surface area contributed by atoms with Crippen LogP contribution < -0.4 is 5.32 Å². The van der Waals surface area contributed by atoms with Gasteiger partial charge in [0.2, 0.25) is 5.91 Å². The summed E-state index contributed by atoms with van der Waals surface area (Å²) in [5.74, 6) is -5.48. The summed E-state index contributed by atoms with van der Waals surface area (Å²) in [6.45, 7) is -0.883. The van der Waals surface area contributed by atoms with E-state index in [1.807, 2.05) is 5.32 Å². The zero-order valence-electron chi connectivity index (χ0n) is 24.8. The van der Waals surface area contributed by atoms with Crippen molar-refractivity contribution in [2.75, 3.05) is 6.61 Å². The fourth-order valence-corrected chi connectivity index (χ4v) is 5.56. The Bertz CT molecular complexity index is 1740. The second-order valence-corrected chi connectivity index (χ2v) is 10.8. The molecule has 0 aliphatic carbocycles.